The summed E-state index contributed by atoms with van der Waals surface area (Å²) in [6.07, 6.45) is 5.63. The molecule has 0 atom stereocenters. The van der Waals surface area contributed by atoms with Crippen molar-refractivity contribution in [1.29, 1.82) is 0 Å². The number of carbonyl (C=O) groups is 1. The van der Waals surface area contributed by atoms with Crippen molar-refractivity contribution in [2.75, 3.05) is 5.32 Å². The molecule has 3 rings (SSSR count). The Morgan fingerprint density at radius 1 is 1.35 bits per heavy atom. The van der Waals surface area contributed by atoms with Crippen molar-refractivity contribution in [3.63, 3.8) is 0 Å². The maximum absolute atomic E-state index is 11.9. The second-order valence-corrected chi connectivity index (χ2v) is 4.13. The fraction of sp³-hybridized carbons (Fsp3) is 0.250. The van der Waals surface area contributed by atoms with Crippen molar-refractivity contribution < 1.29 is 4.79 Å². The Labute approximate surface area is 98.3 Å². The third-order valence-corrected chi connectivity index (χ3v) is 2.80. The third-order valence-electron chi connectivity index (χ3n) is 2.80. The molecule has 17 heavy (non-hydrogen) atoms. The maximum atomic E-state index is 11.9. The zero-order chi connectivity index (χ0) is 11.7. The number of anilines is 1. The highest BCUT2D eigenvalue weighted by molar-refractivity contribution is 6.03. The Morgan fingerprint density at radius 3 is 2.94 bits per heavy atom. The molecule has 0 radical (unpaired) electrons. The fourth-order valence-electron chi connectivity index (χ4n) is 1.78. The summed E-state index contributed by atoms with van der Waals surface area (Å²) in [7, 11) is 0. The SMILES string of the molecule is O=C(Nc1cccnc1C1CC1)c1ccn[nH]1. The molecule has 2 heterocycles. The van der Waals surface area contributed by atoms with Crippen LogP contribution in [0.25, 0.3) is 0 Å². The molecule has 5 nitrogen and oxygen atoms in total. The monoisotopic (exact) mass is 228 g/mol. The Bertz CT molecular complexity index is 531. The highest BCUT2D eigenvalue weighted by atomic mass is 16.1. The highest BCUT2D eigenvalue weighted by Crippen LogP contribution is 2.42. The van der Waals surface area contributed by atoms with Crippen molar-refractivity contribution in [3.8, 4) is 0 Å². The fourth-order valence-corrected chi connectivity index (χ4v) is 1.78. The van der Waals surface area contributed by atoms with Crippen LogP contribution in [0.2, 0.25) is 0 Å². The van der Waals surface area contributed by atoms with E-state index in [-0.39, 0.29) is 5.91 Å². The average Bonchev–Trinajstić information content (AvgIpc) is 3.04. The summed E-state index contributed by atoms with van der Waals surface area (Å²) in [5, 5.41) is 9.25. The van der Waals surface area contributed by atoms with E-state index in [2.05, 4.69) is 20.5 Å². The van der Waals surface area contributed by atoms with E-state index < -0.39 is 0 Å². The summed E-state index contributed by atoms with van der Waals surface area (Å²) >= 11 is 0. The summed E-state index contributed by atoms with van der Waals surface area (Å²) in [5.41, 5.74) is 2.24. The molecular weight excluding hydrogens is 216 g/mol. The van der Waals surface area contributed by atoms with Crippen molar-refractivity contribution in [2.45, 2.75) is 18.8 Å². The molecule has 86 valence electrons. The van der Waals surface area contributed by atoms with Crippen LogP contribution in [-0.2, 0) is 0 Å². The van der Waals surface area contributed by atoms with Crippen LogP contribution in [0.3, 0.4) is 0 Å². The minimum atomic E-state index is -0.183. The van der Waals surface area contributed by atoms with Gasteiger partial charge in [0, 0.05) is 18.3 Å². The number of amides is 1. The van der Waals surface area contributed by atoms with Gasteiger partial charge in [0.1, 0.15) is 5.69 Å². The number of pyridine rings is 1. The molecule has 0 saturated heterocycles. The highest BCUT2D eigenvalue weighted by Gasteiger charge is 2.27. The Morgan fingerprint density at radius 2 is 2.24 bits per heavy atom. The van der Waals surface area contributed by atoms with Crippen molar-refractivity contribution in [3.05, 3.63) is 42.0 Å². The number of carbonyl (C=O) groups excluding carboxylic acids is 1. The van der Waals surface area contributed by atoms with Crippen LogP contribution in [-0.4, -0.2) is 21.1 Å². The van der Waals surface area contributed by atoms with Crippen LogP contribution in [0.1, 0.15) is 34.9 Å². The summed E-state index contributed by atoms with van der Waals surface area (Å²) in [4.78, 5) is 16.2. The van der Waals surface area contributed by atoms with Crippen LogP contribution in [0.5, 0.6) is 0 Å². The van der Waals surface area contributed by atoms with Crippen LogP contribution in [0.15, 0.2) is 30.6 Å². The Kier molecular flexibility index (Phi) is 2.36. The number of hydrogen-bond donors (Lipinski definition) is 2. The molecule has 1 fully saturated rings. The first-order chi connectivity index (χ1) is 8.34. The first-order valence-corrected chi connectivity index (χ1v) is 5.60. The normalized spacial score (nSPS) is 14.6. The smallest absolute Gasteiger partial charge is 0.273 e. The molecule has 0 unspecified atom stereocenters. The molecule has 0 aromatic carbocycles. The molecule has 2 aromatic rings. The molecule has 2 N–H and O–H groups in total. The number of nitrogens with one attached hydrogen (secondary N) is 2. The van der Waals surface area contributed by atoms with Crippen LogP contribution in [0, 0.1) is 0 Å². The van der Waals surface area contributed by atoms with Gasteiger partial charge in [-0.05, 0) is 31.0 Å². The second-order valence-electron chi connectivity index (χ2n) is 4.13. The molecule has 5 heteroatoms. The van der Waals surface area contributed by atoms with Gasteiger partial charge >= 0.3 is 0 Å². The number of aromatic amines is 1. The molecule has 0 bridgehead atoms. The van der Waals surface area contributed by atoms with Crippen molar-refractivity contribution in [1.82, 2.24) is 15.2 Å². The molecule has 1 aliphatic rings. The van der Waals surface area contributed by atoms with E-state index in [1.54, 1.807) is 18.5 Å². The largest absolute Gasteiger partial charge is 0.319 e. The topological polar surface area (TPSA) is 70.7 Å². The predicted octanol–water partition coefficient (Wildman–Crippen LogP) is 1.93. The van der Waals surface area contributed by atoms with Crippen molar-refractivity contribution >= 4 is 11.6 Å². The van der Waals surface area contributed by atoms with Crippen LogP contribution >= 0.6 is 0 Å². The molecule has 2 aromatic heterocycles. The molecule has 1 aliphatic carbocycles. The van der Waals surface area contributed by atoms with Gasteiger partial charge in [0.05, 0.1) is 11.4 Å². The van der Waals surface area contributed by atoms with E-state index in [0.29, 0.717) is 11.6 Å². The third kappa shape index (κ3) is 2.04. The van der Waals surface area contributed by atoms with Gasteiger partial charge in [-0.1, -0.05) is 0 Å². The lowest BCUT2D eigenvalue weighted by molar-refractivity contribution is 0.102. The van der Waals surface area contributed by atoms with Gasteiger partial charge in [0.15, 0.2) is 0 Å². The van der Waals surface area contributed by atoms with E-state index in [1.807, 2.05) is 12.1 Å². The predicted molar refractivity (Wildman–Crippen MR) is 62.8 cm³/mol. The van der Waals surface area contributed by atoms with E-state index in [1.165, 1.54) is 0 Å². The number of nitrogens with zero attached hydrogens (tertiary/aromatic N) is 2. The second kappa shape index (κ2) is 4.01. The van der Waals surface area contributed by atoms with E-state index in [0.717, 1.165) is 24.2 Å². The maximum Gasteiger partial charge on any atom is 0.273 e. The standard InChI is InChI=1S/C12H12N4O/c17-12(10-5-7-14-16-10)15-9-2-1-6-13-11(9)8-3-4-8/h1-2,5-8H,3-4H2,(H,14,16)(H,15,17). The lowest BCUT2D eigenvalue weighted by atomic mass is 10.2. The lowest BCUT2D eigenvalue weighted by Gasteiger charge is -2.08. The minimum Gasteiger partial charge on any atom is -0.319 e. The molecule has 0 aliphatic heterocycles. The Balaban J connectivity index is 1.83. The molecule has 0 spiro atoms. The molecule has 1 amide bonds. The number of hydrogen-bond acceptors (Lipinski definition) is 3. The first kappa shape index (κ1) is 10.0. The van der Waals surface area contributed by atoms with Gasteiger partial charge in [-0.3, -0.25) is 14.9 Å². The van der Waals surface area contributed by atoms with Gasteiger partial charge in [0.25, 0.3) is 5.91 Å². The van der Waals surface area contributed by atoms with Gasteiger partial charge in [-0.25, -0.2) is 0 Å². The molecule has 1 saturated carbocycles. The van der Waals surface area contributed by atoms with E-state index in [4.69, 9.17) is 0 Å². The minimum absolute atomic E-state index is 0.183. The Hall–Kier alpha value is -2.17. The summed E-state index contributed by atoms with van der Waals surface area (Å²) in [6, 6.07) is 5.35. The van der Waals surface area contributed by atoms with Gasteiger partial charge in [-0.15, -0.1) is 0 Å². The summed E-state index contributed by atoms with van der Waals surface area (Å²) in [5.74, 6) is 0.325. The average molecular weight is 228 g/mol. The van der Waals surface area contributed by atoms with Crippen LogP contribution in [0.4, 0.5) is 5.69 Å². The van der Waals surface area contributed by atoms with Crippen LogP contribution < -0.4 is 5.32 Å². The zero-order valence-corrected chi connectivity index (χ0v) is 9.18. The van der Waals surface area contributed by atoms with E-state index in [9.17, 15) is 4.79 Å². The van der Waals surface area contributed by atoms with Gasteiger partial charge < -0.3 is 5.32 Å². The van der Waals surface area contributed by atoms with Crippen molar-refractivity contribution in [2.24, 2.45) is 0 Å². The molecular formula is C12H12N4O. The first-order valence-electron chi connectivity index (χ1n) is 5.60. The summed E-state index contributed by atoms with van der Waals surface area (Å²) in [6.45, 7) is 0. The van der Waals surface area contributed by atoms with Gasteiger partial charge in [-0.2, -0.15) is 5.10 Å². The number of rotatable bonds is 3. The lowest BCUT2D eigenvalue weighted by Crippen LogP contribution is -2.14. The van der Waals surface area contributed by atoms with E-state index >= 15 is 0 Å². The number of H-pyrrole nitrogens is 1. The summed E-state index contributed by atoms with van der Waals surface area (Å²) < 4.78 is 0. The quantitative estimate of drug-likeness (QED) is 0.843. The van der Waals surface area contributed by atoms with Gasteiger partial charge in [0.2, 0.25) is 0 Å². The number of aromatic nitrogens is 3. The zero-order valence-electron chi connectivity index (χ0n) is 9.18.